The van der Waals surface area contributed by atoms with Crippen LogP contribution in [0.3, 0.4) is 0 Å². The van der Waals surface area contributed by atoms with Gasteiger partial charge in [0.05, 0.1) is 31.7 Å². The highest BCUT2D eigenvalue weighted by Gasteiger charge is 2.74. The molecule has 4 aliphatic rings. The van der Waals surface area contributed by atoms with Crippen LogP contribution in [0.25, 0.3) is 0 Å². The maximum atomic E-state index is 16.0. The van der Waals surface area contributed by atoms with Gasteiger partial charge in [0.15, 0.2) is 0 Å². The quantitative estimate of drug-likeness (QED) is 0.133. The van der Waals surface area contributed by atoms with E-state index in [-0.39, 0.29) is 19.1 Å². The van der Waals surface area contributed by atoms with Gasteiger partial charge in [-0.2, -0.15) is 0 Å². The molecule has 1 spiro atoms. The summed E-state index contributed by atoms with van der Waals surface area (Å²) in [6.45, 7) is 1.18. The van der Waals surface area contributed by atoms with E-state index in [9.17, 15) is 5.11 Å². The van der Waals surface area contributed by atoms with Crippen molar-refractivity contribution in [3.63, 3.8) is 0 Å². The highest BCUT2D eigenvalue weighted by Crippen LogP contribution is 2.66. The van der Waals surface area contributed by atoms with Gasteiger partial charge in [0.1, 0.15) is 35.7 Å². The van der Waals surface area contributed by atoms with E-state index in [1.807, 2.05) is 126 Å². The number of fused-ring (bicyclic) bond motifs is 3. The number of nitrogens with zero attached hydrogens (tertiary/aromatic N) is 5. The van der Waals surface area contributed by atoms with E-state index in [2.05, 4.69) is 32.0 Å². The number of aliphatic hydroxyl groups excluding tert-OH is 1. The first-order valence-electron chi connectivity index (χ1n) is 21.7. The molecule has 3 fully saturated rings. The Hall–Kier alpha value is -7.53. The fraction of sp³-hybridized carbons (Fsp3) is 0.250. The monoisotopic (exact) mass is 866 g/mol. The number of morpholine rings is 1. The number of aliphatic hydroxyl groups is 1. The molecule has 6 atom stereocenters. The molecule has 10 rings (SSSR count). The zero-order valence-corrected chi connectivity index (χ0v) is 35.6. The lowest BCUT2D eigenvalue weighted by Gasteiger charge is -2.46. The second-order valence-corrected chi connectivity index (χ2v) is 16.4. The number of esters is 1. The van der Waals surface area contributed by atoms with E-state index in [0.717, 1.165) is 16.7 Å². The third-order valence-corrected chi connectivity index (χ3v) is 13.0. The van der Waals surface area contributed by atoms with Crippen molar-refractivity contribution in [1.82, 2.24) is 19.8 Å². The second kappa shape index (κ2) is 17.6. The number of para-hydroxylation sites is 1. The summed E-state index contributed by atoms with van der Waals surface area (Å²) in [5, 5.41) is 13.2. The summed E-state index contributed by atoms with van der Waals surface area (Å²) in [6, 6.07) is 38.5. The first-order valence-corrected chi connectivity index (χ1v) is 21.7. The Morgan fingerprint density at radius 3 is 2.17 bits per heavy atom. The lowest BCUT2D eigenvalue weighted by molar-refractivity contribution is -0.179. The van der Waals surface area contributed by atoms with Crippen LogP contribution >= 0.6 is 0 Å². The minimum absolute atomic E-state index is 0.0252. The number of carbonyl (C=O) groups excluding carboxylic acids is 3. The summed E-state index contributed by atoms with van der Waals surface area (Å²) in [5.41, 5.74) is 2.83. The summed E-state index contributed by atoms with van der Waals surface area (Å²) in [7, 11) is 1.61. The molecule has 0 unspecified atom stereocenters. The van der Waals surface area contributed by atoms with Gasteiger partial charge in [-0.1, -0.05) is 90.7 Å². The summed E-state index contributed by atoms with van der Waals surface area (Å²) < 4.78 is 18.3. The number of methoxy groups -OCH3 is 1. The molecule has 4 aliphatic heterocycles. The second-order valence-electron chi connectivity index (χ2n) is 16.4. The highest BCUT2D eigenvalue weighted by atomic mass is 16.6. The van der Waals surface area contributed by atoms with Crippen LogP contribution < -0.4 is 19.7 Å². The molecule has 0 saturated carbocycles. The van der Waals surface area contributed by atoms with Crippen molar-refractivity contribution in [2.45, 2.75) is 29.6 Å². The van der Waals surface area contributed by atoms with Crippen molar-refractivity contribution in [2.24, 2.45) is 5.92 Å². The van der Waals surface area contributed by atoms with E-state index in [0.29, 0.717) is 66.0 Å². The van der Waals surface area contributed by atoms with Crippen LogP contribution in [0.1, 0.15) is 51.6 Å². The molecule has 2 amide bonds. The van der Waals surface area contributed by atoms with Crippen molar-refractivity contribution in [3.8, 4) is 23.3 Å². The van der Waals surface area contributed by atoms with Crippen molar-refractivity contribution >= 4 is 29.4 Å². The standard InChI is InChI=1S/C52H46N6O7/c1-63-38-22-19-34(20-23-38)17-18-35-21-24-41-40(33-35)52(50(62)55-41)43(48(60)56-27-29-57(30-28-56)51-53-25-10-26-54-51)45-49(61)65-46(37-13-6-3-7-14-37)44(36-11-4-2-5-12-36)58(45)47(52)39-15-8-9-16-42(39)64-32-31-59/h2-16,19-26,33,43-47,59H,27-32H2,1H3,(H,55,62)/t43-,44-,45-,46+,47+,52-/m0/s1. The minimum Gasteiger partial charge on any atom is -0.497 e. The summed E-state index contributed by atoms with van der Waals surface area (Å²) in [4.78, 5) is 61.9. The van der Waals surface area contributed by atoms with Gasteiger partial charge >= 0.3 is 5.97 Å². The van der Waals surface area contributed by atoms with Crippen LogP contribution in [0.5, 0.6) is 11.5 Å². The number of amides is 2. The Morgan fingerprint density at radius 2 is 1.46 bits per heavy atom. The molecule has 2 N–H and O–H groups in total. The number of hydrogen-bond donors (Lipinski definition) is 2. The van der Waals surface area contributed by atoms with Gasteiger partial charge in [0.2, 0.25) is 17.8 Å². The lowest BCUT2D eigenvalue weighted by Crippen LogP contribution is -2.58. The van der Waals surface area contributed by atoms with Gasteiger partial charge in [0.25, 0.3) is 0 Å². The molecule has 5 heterocycles. The minimum atomic E-state index is -1.75. The average Bonchev–Trinajstić information content (AvgIpc) is 3.84. The van der Waals surface area contributed by atoms with E-state index in [1.165, 1.54) is 0 Å². The highest BCUT2D eigenvalue weighted by molar-refractivity contribution is 6.12. The molecular formula is C52H46N6O7. The summed E-state index contributed by atoms with van der Waals surface area (Å²) >= 11 is 0. The van der Waals surface area contributed by atoms with Crippen molar-refractivity contribution in [2.75, 3.05) is 56.7 Å². The first-order chi connectivity index (χ1) is 31.9. The Bertz CT molecular complexity index is 2780. The van der Waals surface area contributed by atoms with Gasteiger partial charge in [-0.15, -0.1) is 0 Å². The molecule has 1 aromatic heterocycles. The van der Waals surface area contributed by atoms with E-state index < -0.39 is 47.4 Å². The largest absolute Gasteiger partial charge is 0.497 e. The Balaban J connectivity index is 1.21. The van der Waals surface area contributed by atoms with Crippen molar-refractivity contribution in [1.29, 1.82) is 0 Å². The number of piperazine rings is 1. The van der Waals surface area contributed by atoms with Crippen LogP contribution in [-0.2, 0) is 24.5 Å². The third-order valence-electron chi connectivity index (χ3n) is 13.0. The normalized spacial score (nSPS) is 23.4. The SMILES string of the molecule is COc1ccc(C#Cc2ccc3c(c2)[C@]2(C(=O)N3)[C@H](C(=O)N3CCN(c4ncccn4)CC3)[C@H]3C(=O)O[C@H](c4ccccc4)[C@H](c4ccccc4)N3[C@@H]2c2ccccc2OCCO)cc1. The number of benzene rings is 5. The van der Waals surface area contributed by atoms with Crippen LogP contribution in [0.15, 0.2) is 146 Å². The van der Waals surface area contributed by atoms with Gasteiger partial charge < -0.3 is 34.4 Å². The van der Waals surface area contributed by atoms with Gasteiger partial charge in [-0.05, 0) is 71.3 Å². The smallest absolute Gasteiger partial charge is 0.324 e. The molecule has 6 aromatic rings. The molecule has 0 radical (unpaired) electrons. The fourth-order valence-corrected chi connectivity index (χ4v) is 10.2. The molecule has 65 heavy (non-hydrogen) atoms. The zero-order chi connectivity index (χ0) is 44.5. The predicted molar refractivity (Wildman–Crippen MR) is 242 cm³/mol. The van der Waals surface area contributed by atoms with Crippen LogP contribution in [0.4, 0.5) is 11.6 Å². The van der Waals surface area contributed by atoms with Gasteiger partial charge in [-0.3, -0.25) is 19.3 Å². The van der Waals surface area contributed by atoms with Crippen LogP contribution in [0, 0.1) is 17.8 Å². The van der Waals surface area contributed by atoms with Gasteiger partial charge in [-0.25, -0.2) is 9.97 Å². The molecule has 326 valence electrons. The topological polar surface area (TPSA) is 147 Å². The number of rotatable bonds is 9. The third kappa shape index (κ3) is 7.30. The van der Waals surface area contributed by atoms with Crippen molar-refractivity contribution in [3.05, 3.63) is 179 Å². The fourth-order valence-electron chi connectivity index (χ4n) is 10.2. The molecule has 5 aromatic carbocycles. The first kappa shape index (κ1) is 41.5. The number of nitrogens with one attached hydrogen (secondary N) is 1. The maximum Gasteiger partial charge on any atom is 0.324 e. The zero-order valence-electron chi connectivity index (χ0n) is 35.6. The van der Waals surface area contributed by atoms with Crippen LogP contribution in [-0.4, -0.2) is 95.2 Å². The molecular weight excluding hydrogens is 821 g/mol. The van der Waals surface area contributed by atoms with Crippen LogP contribution in [0.2, 0.25) is 0 Å². The molecule has 0 bridgehead atoms. The summed E-state index contributed by atoms with van der Waals surface area (Å²) in [6.07, 6.45) is 2.54. The Kier molecular flexibility index (Phi) is 11.2. The van der Waals surface area contributed by atoms with Crippen molar-refractivity contribution < 1.29 is 33.7 Å². The summed E-state index contributed by atoms with van der Waals surface area (Å²) in [5.74, 6) is 5.53. The van der Waals surface area contributed by atoms with E-state index in [4.69, 9.17) is 14.2 Å². The number of ether oxygens (including phenoxy) is 3. The molecule has 0 aliphatic carbocycles. The number of cyclic esters (lactones) is 1. The molecule has 13 nitrogen and oxygen atoms in total. The number of hydrogen-bond acceptors (Lipinski definition) is 11. The Labute approximate surface area is 376 Å². The lowest BCUT2D eigenvalue weighted by atomic mass is 9.64. The van der Waals surface area contributed by atoms with E-state index in [1.54, 1.807) is 36.5 Å². The van der Waals surface area contributed by atoms with E-state index >= 15 is 14.4 Å². The molecule has 3 saturated heterocycles. The maximum absolute atomic E-state index is 16.0. The number of anilines is 2. The average molecular weight is 867 g/mol. The van der Waals surface area contributed by atoms with Gasteiger partial charge in [0, 0.05) is 61.0 Å². The number of aromatic nitrogens is 2. The Morgan fingerprint density at radius 1 is 0.800 bits per heavy atom. The number of carbonyl (C=O) groups is 3. The molecule has 13 heteroatoms. The predicted octanol–water partition coefficient (Wildman–Crippen LogP) is 5.88.